The Labute approximate surface area is 158 Å². The predicted molar refractivity (Wildman–Crippen MR) is 102 cm³/mol. The van der Waals surface area contributed by atoms with Crippen LogP contribution >= 0.6 is 0 Å². The summed E-state index contributed by atoms with van der Waals surface area (Å²) in [7, 11) is 0. The van der Waals surface area contributed by atoms with Crippen LogP contribution in [-0.2, 0) is 12.8 Å². The Morgan fingerprint density at radius 2 is 1.96 bits per heavy atom. The highest BCUT2D eigenvalue weighted by Gasteiger charge is 2.29. The summed E-state index contributed by atoms with van der Waals surface area (Å²) < 4.78 is 2.21. The van der Waals surface area contributed by atoms with Crippen LogP contribution in [0.15, 0.2) is 23.0 Å². The molecule has 1 atom stereocenters. The van der Waals surface area contributed by atoms with Crippen molar-refractivity contribution in [1.82, 2.24) is 24.7 Å². The fourth-order valence-electron chi connectivity index (χ4n) is 4.62. The zero-order valence-corrected chi connectivity index (χ0v) is 16.1. The molecule has 0 aliphatic heterocycles. The Hall–Kier alpha value is -2.44. The van der Waals surface area contributed by atoms with E-state index in [0.29, 0.717) is 12.5 Å². The molecule has 0 N–H and O–H groups in total. The van der Waals surface area contributed by atoms with E-state index in [2.05, 4.69) is 23.4 Å². The average molecular weight is 369 g/mol. The number of rotatable bonds is 3. The minimum absolute atomic E-state index is 0.190. The van der Waals surface area contributed by atoms with Crippen LogP contribution in [0.2, 0.25) is 0 Å². The number of benzene rings is 1. The number of carbonyl (C=O) groups is 1. The molecular formula is C20H27N5O2. The Bertz CT molecular complexity index is 894. The van der Waals surface area contributed by atoms with Crippen LogP contribution < -0.4 is 5.69 Å². The number of aromatic nitrogens is 4. The number of carbonyl (C=O) groups excluding carboxylic acids is 1. The van der Waals surface area contributed by atoms with Gasteiger partial charge in [-0.25, -0.2) is 9.59 Å². The maximum atomic E-state index is 13.0. The van der Waals surface area contributed by atoms with Crippen molar-refractivity contribution in [2.75, 3.05) is 6.54 Å². The molecule has 1 heterocycles. The van der Waals surface area contributed by atoms with Gasteiger partial charge in [0.05, 0.1) is 5.69 Å². The summed E-state index contributed by atoms with van der Waals surface area (Å²) in [6.45, 7) is 4.73. The van der Waals surface area contributed by atoms with Gasteiger partial charge >= 0.3 is 11.7 Å². The van der Waals surface area contributed by atoms with E-state index in [9.17, 15) is 9.59 Å². The molecule has 1 saturated carbocycles. The summed E-state index contributed by atoms with van der Waals surface area (Å²) in [5.41, 5.74) is 2.67. The van der Waals surface area contributed by atoms with Gasteiger partial charge in [-0.1, -0.05) is 38.3 Å². The van der Waals surface area contributed by atoms with E-state index >= 15 is 0 Å². The van der Waals surface area contributed by atoms with Crippen LogP contribution in [0.3, 0.4) is 0 Å². The number of nitrogens with zero attached hydrogens (tertiary/aromatic N) is 5. The summed E-state index contributed by atoms with van der Waals surface area (Å²) in [5, 5.41) is 7.97. The topological polar surface area (TPSA) is 73.0 Å². The Morgan fingerprint density at radius 3 is 2.70 bits per heavy atom. The molecule has 2 aliphatic carbocycles. The van der Waals surface area contributed by atoms with E-state index in [0.717, 1.165) is 54.5 Å². The molecule has 1 unspecified atom stereocenters. The lowest BCUT2D eigenvalue weighted by atomic mass is 9.94. The number of fused-ring (bicyclic) bond motifs is 1. The lowest BCUT2D eigenvalue weighted by Gasteiger charge is -2.32. The molecule has 1 amide bonds. The fourth-order valence-corrected chi connectivity index (χ4v) is 4.62. The van der Waals surface area contributed by atoms with Crippen LogP contribution in [0.4, 0.5) is 4.79 Å². The van der Waals surface area contributed by atoms with Crippen molar-refractivity contribution in [3.63, 3.8) is 0 Å². The highest BCUT2D eigenvalue weighted by Crippen LogP contribution is 2.30. The minimum atomic E-state index is -0.484. The number of hydrogen-bond donors (Lipinski definition) is 0. The third kappa shape index (κ3) is 3.19. The van der Waals surface area contributed by atoms with Gasteiger partial charge in [0, 0.05) is 12.6 Å². The van der Waals surface area contributed by atoms with Crippen LogP contribution in [0, 0.1) is 5.92 Å². The van der Waals surface area contributed by atoms with Gasteiger partial charge in [-0.2, -0.15) is 4.68 Å². The van der Waals surface area contributed by atoms with E-state index in [-0.39, 0.29) is 12.1 Å². The van der Waals surface area contributed by atoms with E-state index in [1.54, 1.807) is 4.90 Å². The van der Waals surface area contributed by atoms with E-state index < -0.39 is 5.69 Å². The third-order valence-corrected chi connectivity index (χ3v) is 5.96. The van der Waals surface area contributed by atoms with Crippen LogP contribution in [-0.4, -0.2) is 43.3 Å². The van der Waals surface area contributed by atoms with Crippen molar-refractivity contribution < 1.29 is 4.79 Å². The molecule has 0 saturated heterocycles. The summed E-state index contributed by atoms with van der Waals surface area (Å²) in [4.78, 5) is 27.7. The van der Waals surface area contributed by atoms with Gasteiger partial charge in [-0.05, 0) is 66.1 Å². The molecule has 1 aromatic carbocycles. The molecule has 2 aromatic rings. The van der Waals surface area contributed by atoms with Crippen molar-refractivity contribution in [3.8, 4) is 5.69 Å². The van der Waals surface area contributed by atoms with Crippen LogP contribution in [0.5, 0.6) is 0 Å². The summed E-state index contributed by atoms with van der Waals surface area (Å²) in [6, 6.07) is 5.77. The highest BCUT2D eigenvalue weighted by molar-refractivity contribution is 5.76. The molecule has 0 spiro atoms. The normalized spacial score (nSPS) is 19.9. The first-order valence-electron chi connectivity index (χ1n) is 10.1. The maximum absolute atomic E-state index is 13.0. The molecule has 27 heavy (non-hydrogen) atoms. The first-order valence-corrected chi connectivity index (χ1v) is 10.1. The van der Waals surface area contributed by atoms with Crippen LogP contribution in [0.25, 0.3) is 5.69 Å². The molecule has 2 aliphatic rings. The minimum Gasteiger partial charge on any atom is -0.320 e. The Balaban J connectivity index is 1.66. The van der Waals surface area contributed by atoms with Crippen molar-refractivity contribution in [2.24, 2.45) is 5.92 Å². The monoisotopic (exact) mass is 369 g/mol. The largest absolute Gasteiger partial charge is 0.377 e. The maximum Gasteiger partial charge on any atom is 0.377 e. The summed E-state index contributed by atoms with van der Waals surface area (Å²) in [6.07, 6.45) is 7.39. The molecule has 4 rings (SSSR count). The smallest absolute Gasteiger partial charge is 0.320 e. The average Bonchev–Trinajstić information content (AvgIpc) is 3.24. The van der Waals surface area contributed by atoms with E-state index in [1.807, 2.05) is 19.1 Å². The molecular weight excluding hydrogens is 342 g/mol. The fraction of sp³-hybridized carbons (Fsp3) is 0.600. The van der Waals surface area contributed by atoms with Crippen LogP contribution in [0.1, 0.15) is 57.1 Å². The number of hydrogen-bond acceptors (Lipinski definition) is 4. The molecule has 7 nitrogen and oxygen atoms in total. The molecule has 0 radical (unpaired) electrons. The van der Waals surface area contributed by atoms with Gasteiger partial charge in [0.1, 0.15) is 0 Å². The lowest BCUT2D eigenvalue weighted by Crippen LogP contribution is -2.47. The standard InChI is InChI=1S/C20H27N5O2/c1-3-23(16-9-5-4-6-10-16)19(26)25-20(27)24(21-22-25)18-11-7-8-15-12-14(2)13-17(15)18/h7-8,11,14,16H,3-6,9-10,12-13H2,1-2H3. The summed E-state index contributed by atoms with van der Waals surface area (Å²) >= 11 is 0. The van der Waals surface area contributed by atoms with Gasteiger partial charge in [0.15, 0.2) is 0 Å². The first-order chi connectivity index (χ1) is 13.1. The summed E-state index contributed by atoms with van der Waals surface area (Å²) in [5.74, 6) is 0.551. The molecule has 1 aromatic heterocycles. The van der Waals surface area contributed by atoms with Gasteiger partial charge in [0.2, 0.25) is 0 Å². The zero-order valence-electron chi connectivity index (χ0n) is 16.1. The van der Waals surface area contributed by atoms with Crippen molar-refractivity contribution in [2.45, 2.75) is 64.8 Å². The van der Waals surface area contributed by atoms with E-state index in [1.165, 1.54) is 16.7 Å². The van der Waals surface area contributed by atoms with Crippen molar-refractivity contribution in [3.05, 3.63) is 39.8 Å². The van der Waals surface area contributed by atoms with Gasteiger partial charge in [-0.3, -0.25) is 0 Å². The SMILES string of the molecule is CCN(C(=O)n1nnn(-c2cccc3c2CC(C)C3)c1=O)C1CCCCC1. The zero-order chi connectivity index (χ0) is 19.0. The number of tetrazole rings is 1. The highest BCUT2D eigenvalue weighted by atomic mass is 16.2. The van der Waals surface area contributed by atoms with Crippen molar-refractivity contribution in [1.29, 1.82) is 0 Å². The first kappa shape index (κ1) is 17.9. The quantitative estimate of drug-likeness (QED) is 0.780. The van der Waals surface area contributed by atoms with E-state index in [4.69, 9.17) is 0 Å². The second kappa shape index (κ2) is 7.29. The Kier molecular flexibility index (Phi) is 4.85. The lowest BCUT2D eigenvalue weighted by molar-refractivity contribution is 0.157. The second-order valence-electron chi connectivity index (χ2n) is 7.87. The predicted octanol–water partition coefficient (Wildman–Crippen LogP) is 2.79. The van der Waals surface area contributed by atoms with Crippen molar-refractivity contribution >= 4 is 6.03 Å². The number of amides is 1. The van der Waals surface area contributed by atoms with Gasteiger partial charge in [0.25, 0.3) is 0 Å². The van der Waals surface area contributed by atoms with Gasteiger partial charge in [-0.15, -0.1) is 4.68 Å². The van der Waals surface area contributed by atoms with Gasteiger partial charge < -0.3 is 4.90 Å². The molecule has 1 fully saturated rings. The molecule has 144 valence electrons. The molecule has 0 bridgehead atoms. The molecule has 7 heteroatoms. The third-order valence-electron chi connectivity index (χ3n) is 5.96. The second-order valence-corrected chi connectivity index (χ2v) is 7.87. The Morgan fingerprint density at radius 1 is 1.19 bits per heavy atom.